The maximum Gasteiger partial charge on any atom is 0.220 e. The van der Waals surface area contributed by atoms with Crippen molar-refractivity contribution in [3.63, 3.8) is 0 Å². The Morgan fingerprint density at radius 2 is 1.82 bits per heavy atom. The fraction of sp³-hybridized carbons (Fsp3) is 0.345. The zero-order chi connectivity index (χ0) is 26.5. The largest absolute Gasteiger partial charge is 0.497 e. The summed E-state index contributed by atoms with van der Waals surface area (Å²) in [6.07, 6.45) is 4.88. The minimum Gasteiger partial charge on any atom is -0.497 e. The third-order valence-electron chi connectivity index (χ3n) is 7.12. The minimum absolute atomic E-state index is 0.0391. The molecular formula is C29H33ClN6O2. The molecule has 2 aromatic carbocycles. The summed E-state index contributed by atoms with van der Waals surface area (Å²) in [5.41, 5.74) is 5.66. The van der Waals surface area contributed by atoms with E-state index in [2.05, 4.69) is 37.6 Å². The number of methoxy groups -OCH3 is 1. The summed E-state index contributed by atoms with van der Waals surface area (Å²) in [5.74, 6) is 1.66. The van der Waals surface area contributed by atoms with Crippen LogP contribution in [-0.2, 0) is 17.8 Å². The first-order valence-electron chi connectivity index (χ1n) is 13.0. The van der Waals surface area contributed by atoms with Crippen LogP contribution < -0.4 is 15.4 Å². The van der Waals surface area contributed by atoms with Gasteiger partial charge in [0.1, 0.15) is 17.1 Å². The van der Waals surface area contributed by atoms with E-state index in [-0.39, 0.29) is 5.91 Å². The molecule has 0 saturated carbocycles. The summed E-state index contributed by atoms with van der Waals surface area (Å²) in [5, 5.41) is 6.91. The Bertz CT molecular complexity index is 1380. The molecule has 38 heavy (non-hydrogen) atoms. The lowest BCUT2D eigenvalue weighted by molar-refractivity contribution is -0.120. The number of halogens is 1. The number of likely N-dealkylation sites (tertiary alicyclic amines) is 1. The summed E-state index contributed by atoms with van der Waals surface area (Å²) in [6, 6.07) is 16.7. The highest BCUT2D eigenvalue weighted by molar-refractivity contribution is 6.34. The second kappa shape index (κ2) is 11.8. The van der Waals surface area contributed by atoms with Crippen LogP contribution in [-0.4, -0.2) is 59.0 Å². The second-order valence-electron chi connectivity index (χ2n) is 9.68. The normalized spacial score (nSPS) is 14.5. The van der Waals surface area contributed by atoms with E-state index in [9.17, 15) is 4.79 Å². The number of amides is 1. The molecule has 0 radical (unpaired) electrons. The molecular weight excluding hydrogens is 500 g/mol. The molecule has 1 saturated heterocycles. The van der Waals surface area contributed by atoms with Gasteiger partial charge in [-0.05, 0) is 42.5 Å². The van der Waals surface area contributed by atoms with Crippen molar-refractivity contribution in [2.24, 2.45) is 0 Å². The van der Waals surface area contributed by atoms with Gasteiger partial charge in [-0.15, -0.1) is 0 Å². The van der Waals surface area contributed by atoms with Crippen molar-refractivity contribution in [1.29, 1.82) is 0 Å². The van der Waals surface area contributed by atoms with Gasteiger partial charge in [-0.1, -0.05) is 48.0 Å². The number of nitrogens with zero attached hydrogens (tertiary/aromatic N) is 3. The number of aromatic nitrogens is 3. The van der Waals surface area contributed by atoms with Crippen LogP contribution in [0.1, 0.15) is 30.4 Å². The van der Waals surface area contributed by atoms with Gasteiger partial charge in [0.15, 0.2) is 5.65 Å². The van der Waals surface area contributed by atoms with Gasteiger partial charge in [0.25, 0.3) is 0 Å². The average Bonchev–Trinajstić information content (AvgIpc) is 3.39. The number of carbonyl (C=O) groups excluding carboxylic acids is 1. The lowest BCUT2D eigenvalue weighted by atomic mass is 10.0. The van der Waals surface area contributed by atoms with Gasteiger partial charge in [-0.3, -0.25) is 9.69 Å². The van der Waals surface area contributed by atoms with Crippen molar-refractivity contribution >= 4 is 34.4 Å². The summed E-state index contributed by atoms with van der Waals surface area (Å²) in [7, 11) is 3.35. The number of carbonyl (C=O) groups is 1. The first-order valence-corrected chi connectivity index (χ1v) is 13.4. The highest BCUT2D eigenvalue weighted by atomic mass is 35.5. The van der Waals surface area contributed by atoms with Crippen LogP contribution in [0, 0.1) is 0 Å². The van der Waals surface area contributed by atoms with Gasteiger partial charge >= 0.3 is 0 Å². The number of fused-ring (bicyclic) bond motifs is 1. The number of anilines is 1. The summed E-state index contributed by atoms with van der Waals surface area (Å²) in [4.78, 5) is 26.6. The maximum absolute atomic E-state index is 11.5. The monoisotopic (exact) mass is 532 g/mol. The molecule has 0 atom stereocenters. The smallest absolute Gasteiger partial charge is 0.220 e. The fourth-order valence-electron chi connectivity index (χ4n) is 4.85. The lowest BCUT2D eigenvalue weighted by Crippen LogP contribution is -2.38. The highest BCUT2D eigenvalue weighted by Crippen LogP contribution is 2.32. The van der Waals surface area contributed by atoms with E-state index in [1.807, 2.05) is 36.4 Å². The van der Waals surface area contributed by atoms with Crippen molar-refractivity contribution in [2.45, 2.75) is 38.3 Å². The number of aryl methyl sites for hydroxylation is 1. The summed E-state index contributed by atoms with van der Waals surface area (Å²) in [6.45, 7) is 2.96. The van der Waals surface area contributed by atoms with E-state index in [1.165, 1.54) is 5.56 Å². The quantitative estimate of drug-likeness (QED) is 0.279. The van der Waals surface area contributed by atoms with Crippen LogP contribution >= 0.6 is 11.6 Å². The number of nitrogens with one attached hydrogen (secondary N) is 3. The SMILES string of the molecule is CNC(=O)CCc1ccc(-c2nc3ncc(Cl)c(NC4CCN(Cc5ccc(OC)cc5)CC4)c3[nH]2)cc1. The molecule has 5 rings (SSSR count). The molecule has 1 aliphatic heterocycles. The number of pyridine rings is 1. The third kappa shape index (κ3) is 6.09. The number of imidazole rings is 1. The zero-order valence-electron chi connectivity index (χ0n) is 21.8. The molecule has 1 amide bonds. The topological polar surface area (TPSA) is 95.2 Å². The van der Waals surface area contributed by atoms with Crippen LogP contribution in [0.5, 0.6) is 5.75 Å². The van der Waals surface area contributed by atoms with Crippen LogP contribution in [0.25, 0.3) is 22.6 Å². The number of rotatable bonds is 9. The molecule has 0 unspecified atom stereocenters. The van der Waals surface area contributed by atoms with Crippen molar-refractivity contribution in [1.82, 2.24) is 25.2 Å². The van der Waals surface area contributed by atoms with E-state index in [1.54, 1.807) is 20.4 Å². The summed E-state index contributed by atoms with van der Waals surface area (Å²) < 4.78 is 5.26. The van der Waals surface area contributed by atoms with Gasteiger partial charge in [0.2, 0.25) is 5.91 Å². The number of hydrogen-bond donors (Lipinski definition) is 3. The Labute approximate surface area is 227 Å². The van der Waals surface area contributed by atoms with Gasteiger partial charge in [0, 0.05) is 44.7 Å². The van der Waals surface area contributed by atoms with E-state index in [4.69, 9.17) is 21.3 Å². The highest BCUT2D eigenvalue weighted by Gasteiger charge is 2.22. The first kappa shape index (κ1) is 26.0. The van der Waals surface area contributed by atoms with Gasteiger partial charge in [-0.2, -0.15) is 0 Å². The standard InChI is InChI=1S/C29H33ClN6O2/c1-31-25(37)12-7-19-3-8-21(9-4-19)28-34-27-26(24(30)17-32-29(27)35-28)33-22-13-15-36(16-14-22)18-20-5-10-23(38-2)11-6-20/h3-6,8-11,17,22H,7,12-16,18H2,1-2H3,(H,31,37)(H2,32,33,34,35). The number of H-pyrrole nitrogens is 1. The van der Waals surface area contributed by atoms with Crippen molar-refractivity contribution in [2.75, 3.05) is 32.6 Å². The van der Waals surface area contributed by atoms with Crippen LogP contribution in [0.3, 0.4) is 0 Å². The Morgan fingerprint density at radius 1 is 1.11 bits per heavy atom. The van der Waals surface area contributed by atoms with Gasteiger partial charge in [0.05, 0.1) is 24.0 Å². The van der Waals surface area contributed by atoms with Crippen LogP contribution in [0.4, 0.5) is 5.69 Å². The molecule has 4 aromatic rings. The van der Waals surface area contributed by atoms with E-state index in [0.717, 1.165) is 66.4 Å². The lowest BCUT2D eigenvalue weighted by Gasteiger charge is -2.33. The molecule has 3 heterocycles. The predicted octanol–water partition coefficient (Wildman–Crippen LogP) is 5.04. The number of aromatic amines is 1. The molecule has 198 valence electrons. The second-order valence-corrected chi connectivity index (χ2v) is 10.1. The molecule has 0 spiro atoms. The predicted molar refractivity (Wildman–Crippen MR) is 152 cm³/mol. The Kier molecular flexibility index (Phi) is 8.10. The fourth-order valence-corrected chi connectivity index (χ4v) is 5.05. The maximum atomic E-state index is 11.5. The molecule has 0 bridgehead atoms. The molecule has 3 N–H and O–H groups in total. The van der Waals surface area contributed by atoms with Gasteiger partial charge < -0.3 is 20.4 Å². The molecule has 9 heteroatoms. The van der Waals surface area contributed by atoms with Crippen LogP contribution in [0.15, 0.2) is 54.7 Å². The minimum atomic E-state index is 0.0391. The molecule has 1 aliphatic rings. The Morgan fingerprint density at radius 3 is 2.50 bits per heavy atom. The number of ether oxygens (including phenoxy) is 1. The Balaban J connectivity index is 1.24. The van der Waals surface area contributed by atoms with Crippen molar-refractivity contribution in [3.05, 3.63) is 70.9 Å². The zero-order valence-corrected chi connectivity index (χ0v) is 22.5. The van der Waals surface area contributed by atoms with Gasteiger partial charge in [-0.25, -0.2) is 9.97 Å². The van der Waals surface area contributed by atoms with E-state index < -0.39 is 0 Å². The average molecular weight is 533 g/mol. The van der Waals surface area contributed by atoms with Crippen LogP contribution in [0.2, 0.25) is 5.02 Å². The number of hydrogen-bond acceptors (Lipinski definition) is 6. The Hall–Kier alpha value is -3.62. The first-order chi connectivity index (χ1) is 18.5. The molecule has 8 nitrogen and oxygen atoms in total. The third-order valence-corrected chi connectivity index (χ3v) is 7.41. The van der Waals surface area contributed by atoms with Crippen molar-refractivity contribution < 1.29 is 9.53 Å². The molecule has 2 aromatic heterocycles. The number of piperidine rings is 1. The van der Waals surface area contributed by atoms with E-state index >= 15 is 0 Å². The summed E-state index contributed by atoms with van der Waals surface area (Å²) >= 11 is 6.61. The molecule has 1 fully saturated rings. The molecule has 0 aliphatic carbocycles. The number of benzene rings is 2. The van der Waals surface area contributed by atoms with Crippen molar-refractivity contribution in [3.8, 4) is 17.1 Å². The van der Waals surface area contributed by atoms with E-state index in [0.29, 0.717) is 29.6 Å².